The maximum atomic E-state index is 5.81. The van der Waals surface area contributed by atoms with Gasteiger partial charge in [-0.15, -0.1) is 6.58 Å². The first-order valence-corrected chi connectivity index (χ1v) is 6.20. The Morgan fingerprint density at radius 1 is 1.31 bits per heavy atom. The number of ether oxygens (including phenoxy) is 2. The van der Waals surface area contributed by atoms with Gasteiger partial charge < -0.3 is 9.47 Å². The Bertz CT molecular complexity index is 182. The number of methoxy groups -OCH3 is 1. The van der Waals surface area contributed by atoms with Gasteiger partial charge in [0.2, 0.25) is 0 Å². The van der Waals surface area contributed by atoms with Crippen LogP contribution in [0.25, 0.3) is 0 Å². The maximum absolute atomic E-state index is 5.81. The number of hydrogen-bond acceptors (Lipinski definition) is 2. The molecule has 0 amide bonds. The highest BCUT2D eigenvalue weighted by Crippen LogP contribution is 2.31. The largest absolute Gasteiger partial charge is 0.359 e. The van der Waals surface area contributed by atoms with Gasteiger partial charge in [-0.05, 0) is 11.8 Å². The van der Waals surface area contributed by atoms with Gasteiger partial charge in [-0.25, -0.2) is 0 Å². The van der Waals surface area contributed by atoms with Crippen LogP contribution in [0.3, 0.4) is 0 Å². The van der Waals surface area contributed by atoms with Crippen molar-refractivity contribution < 1.29 is 9.47 Å². The van der Waals surface area contributed by atoms with Crippen molar-refractivity contribution in [1.82, 2.24) is 0 Å². The van der Waals surface area contributed by atoms with Crippen molar-refractivity contribution >= 4 is 0 Å². The minimum absolute atomic E-state index is 0.116. The molecule has 0 aliphatic carbocycles. The van der Waals surface area contributed by atoms with Gasteiger partial charge in [-0.2, -0.15) is 0 Å². The van der Waals surface area contributed by atoms with Crippen molar-refractivity contribution in [3.8, 4) is 0 Å². The molecule has 0 N–H and O–H groups in total. The molecule has 0 aromatic carbocycles. The molecule has 0 heterocycles. The van der Waals surface area contributed by atoms with Crippen LogP contribution >= 0.6 is 0 Å². The second-order valence-electron chi connectivity index (χ2n) is 5.40. The molecular formula is C14H28O2. The second-order valence-corrected chi connectivity index (χ2v) is 5.40. The fourth-order valence-corrected chi connectivity index (χ4v) is 1.99. The van der Waals surface area contributed by atoms with E-state index in [1.165, 1.54) is 12.8 Å². The molecule has 2 atom stereocenters. The van der Waals surface area contributed by atoms with Gasteiger partial charge in [0, 0.05) is 13.0 Å². The Hall–Kier alpha value is -0.340. The van der Waals surface area contributed by atoms with E-state index in [4.69, 9.17) is 9.47 Å². The van der Waals surface area contributed by atoms with Crippen molar-refractivity contribution in [1.29, 1.82) is 0 Å². The minimum Gasteiger partial charge on any atom is -0.359 e. The van der Waals surface area contributed by atoms with Crippen molar-refractivity contribution in [2.75, 3.05) is 13.9 Å². The van der Waals surface area contributed by atoms with E-state index >= 15 is 0 Å². The lowest BCUT2D eigenvalue weighted by Crippen LogP contribution is -2.36. The second kappa shape index (κ2) is 7.86. The fourth-order valence-electron chi connectivity index (χ4n) is 1.99. The van der Waals surface area contributed by atoms with Gasteiger partial charge in [-0.1, -0.05) is 46.6 Å². The Morgan fingerprint density at radius 3 is 2.31 bits per heavy atom. The molecule has 0 radical (unpaired) electrons. The van der Waals surface area contributed by atoms with E-state index in [1.54, 1.807) is 7.11 Å². The van der Waals surface area contributed by atoms with Crippen LogP contribution in [0, 0.1) is 11.3 Å². The third-order valence-corrected chi connectivity index (χ3v) is 2.80. The number of unbranched alkanes of at least 4 members (excludes halogenated alkanes) is 1. The molecule has 0 spiro atoms. The normalized spacial score (nSPS) is 15.8. The lowest BCUT2D eigenvalue weighted by molar-refractivity contribution is -0.123. The molecular weight excluding hydrogens is 200 g/mol. The van der Waals surface area contributed by atoms with Crippen LogP contribution < -0.4 is 0 Å². The standard InChI is InChI=1S/C14H28O2/c1-7-9-10-12(8-2)13(14(3,4)5)16-11-15-6/h8,12-13H,2,7,9-11H2,1,3-6H3/t12-,13+/m1/s1. The predicted molar refractivity (Wildman–Crippen MR) is 69.4 cm³/mol. The van der Waals surface area contributed by atoms with Crippen LogP contribution in [-0.2, 0) is 9.47 Å². The smallest absolute Gasteiger partial charge is 0.146 e. The quantitative estimate of drug-likeness (QED) is 0.461. The van der Waals surface area contributed by atoms with E-state index in [1.807, 2.05) is 6.08 Å². The molecule has 0 aliphatic heterocycles. The van der Waals surface area contributed by atoms with E-state index < -0.39 is 0 Å². The summed E-state index contributed by atoms with van der Waals surface area (Å²) in [5.41, 5.74) is 0.116. The van der Waals surface area contributed by atoms with Gasteiger partial charge in [0.05, 0.1) is 6.10 Å². The van der Waals surface area contributed by atoms with Crippen LogP contribution in [0.1, 0.15) is 47.0 Å². The fraction of sp³-hybridized carbons (Fsp3) is 0.857. The van der Waals surface area contributed by atoms with E-state index in [-0.39, 0.29) is 11.5 Å². The Balaban J connectivity index is 4.49. The monoisotopic (exact) mass is 228 g/mol. The molecule has 0 aromatic rings. The summed E-state index contributed by atoms with van der Waals surface area (Å²) in [6, 6.07) is 0. The summed E-state index contributed by atoms with van der Waals surface area (Å²) in [6.07, 6.45) is 5.79. The Morgan fingerprint density at radius 2 is 1.94 bits per heavy atom. The summed E-state index contributed by atoms with van der Waals surface area (Å²) in [7, 11) is 1.66. The van der Waals surface area contributed by atoms with Gasteiger partial charge in [-0.3, -0.25) is 0 Å². The lowest BCUT2D eigenvalue weighted by atomic mass is 9.79. The average molecular weight is 228 g/mol. The van der Waals surface area contributed by atoms with Gasteiger partial charge >= 0.3 is 0 Å². The first-order chi connectivity index (χ1) is 7.47. The predicted octanol–water partition coefficient (Wildman–Crippen LogP) is 4.01. The molecule has 2 heteroatoms. The molecule has 2 nitrogen and oxygen atoms in total. The van der Waals surface area contributed by atoms with Crippen molar-refractivity contribution in [3.05, 3.63) is 12.7 Å². The van der Waals surface area contributed by atoms with E-state index in [0.717, 1.165) is 6.42 Å². The first kappa shape index (κ1) is 15.7. The first-order valence-electron chi connectivity index (χ1n) is 6.20. The lowest BCUT2D eigenvalue weighted by Gasteiger charge is -2.35. The SMILES string of the molecule is C=C[C@H](CCCC)[C@H](OCOC)C(C)(C)C. The zero-order chi connectivity index (χ0) is 12.6. The van der Waals surface area contributed by atoms with Crippen molar-refractivity contribution in [3.63, 3.8) is 0 Å². The molecule has 16 heavy (non-hydrogen) atoms. The zero-order valence-electron chi connectivity index (χ0n) is 11.6. The van der Waals surface area contributed by atoms with Crippen LogP contribution in [0.15, 0.2) is 12.7 Å². The van der Waals surface area contributed by atoms with Crippen molar-refractivity contribution in [2.24, 2.45) is 11.3 Å². The average Bonchev–Trinajstić information content (AvgIpc) is 2.21. The zero-order valence-corrected chi connectivity index (χ0v) is 11.6. The third-order valence-electron chi connectivity index (χ3n) is 2.80. The molecule has 0 fully saturated rings. The Labute approximate surface area is 101 Å². The summed E-state index contributed by atoms with van der Waals surface area (Å²) in [5.74, 6) is 0.412. The highest BCUT2D eigenvalue weighted by Gasteiger charge is 2.31. The van der Waals surface area contributed by atoms with Crippen LogP contribution in [0.4, 0.5) is 0 Å². The maximum Gasteiger partial charge on any atom is 0.146 e. The molecule has 0 aliphatic rings. The molecule has 96 valence electrons. The topological polar surface area (TPSA) is 18.5 Å². The highest BCUT2D eigenvalue weighted by molar-refractivity contribution is 4.91. The van der Waals surface area contributed by atoms with Crippen LogP contribution in [-0.4, -0.2) is 20.0 Å². The summed E-state index contributed by atoms with van der Waals surface area (Å²) in [5, 5.41) is 0. The number of hydrogen-bond donors (Lipinski definition) is 0. The van der Waals surface area contributed by atoms with Gasteiger partial charge in [0.25, 0.3) is 0 Å². The van der Waals surface area contributed by atoms with E-state index in [0.29, 0.717) is 12.7 Å². The minimum atomic E-state index is 0.116. The molecule has 0 rings (SSSR count). The molecule has 0 unspecified atom stereocenters. The molecule has 0 saturated carbocycles. The molecule has 0 saturated heterocycles. The number of rotatable bonds is 8. The molecule has 0 aromatic heterocycles. The van der Waals surface area contributed by atoms with E-state index in [9.17, 15) is 0 Å². The summed E-state index contributed by atoms with van der Waals surface area (Å²) in [4.78, 5) is 0. The summed E-state index contributed by atoms with van der Waals surface area (Å²) < 4.78 is 10.8. The Kier molecular flexibility index (Phi) is 7.69. The van der Waals surface area contributed by atoms with Crippen LogP contribution in [0.5, 0.6) is 0 Å². The van der Waals surface area contributed by atoms with Crippen molar-refractivity contribution in [2.45, 2.75) is 53.1 Å². The third kappa shape index (κ3) is 5.66. The highest BCUT2D eigenvalue weighted by atomic mass is 16.7. The molecule has 0 bridgehead atoms. The van der Waals surface area contributed by atoms with Crippen LogP contribution in [0.2, 0.25) is 0 Å². The van der Waals surface area contributed by atoms with Gasteiger partial charge in [0.1, 0.15) is 6.79 Å². The summed E-state index contributed by atoms with van der Waals surface area (Å²) in [6.45, 7) is 13.1. The summed E-state index contributed by atoms with van der Waals surface area (Å²) >= 11 is 0. The van der Waals surface area contributed by atoms with E-state index in [2.05, 4.69) is 34.3 Å². The van der Waals surface area contributed by atoms with Gasteiger partial charge in [0.15, 0.2) is 0 Å².